The minimum absolute atomic E-state index is 0.504. The van der Waals surface area contributed by atoms with Crippen molar-refractivity contribution in [1.82, 2.24) is 0 Å². The zero-order chi connectivity index (χ0) is 13.9. The van der Waals surface area contributed by atoms with E-state index in [9.17, 15) is 5.11 Å². The summed E-state index contributed by atoms with van der Waals surface area (Å²) < 4.78 is 0. The first kappa shape index (κ1) is 16.1. The van der Waals surface area contributed by atoms with Crippen LogP contribution in [0.3, 0.4) is 0 Å². The normalized spacial score (nSPS) is 10.8. The van der Waals surface area contributed by atoms with Gasteiger partial charge in [-0.2, -0.15) is 0 Å². The van der Waals surface area contributed by atoms with E-state index in [4.69, 9.17) is 0 Å². The van der Waals surface area contributed by atoms with Crippen LogP contribution in [0.15, 0.2) is 18.2 Å². The summed E-state index contributed by atoms with van der Waals surface area (Å²) in [6.07, 6.45) is 12.4. The van der Waals surface area contributed by atoms with E-state index in [1.807, 2.05) is 12.1 Å². The fourth-order valence-electron chi connectivity index (χ4n) is 2.61. The lowest BCUT2D eigenvalue weighted by Crippen LogP contribution is -1.96. The highest BCUT2D eigenvalue weighted by atomic mass is 16.3. The van der Waals surface area contributed by atoms with Crippen LogP contribution in [0.25, 0.3) is 0 Å². The molecular weight excluding hydrogens is 232 g/mol. The second-order valence-corrected chi connectivity index (χ2v) is 5.54. The SMILES string of the molecule is CCCCCCCc1c(O)cccc1CCCCC. The van der Waals surface area contributed by atoms with Crippen molar-refractivity contribution in [3.8, 4) is 5.75 Å². The first-order chi connectivity index (χ1) is 9.29. The number of phenols is 1. The van der Waals surface area contributed by atoms with Gasteiger partial charge in [0.05, 0.1) is 0 Å². The molecule has 0 saturated carbocycles. The van der Waals surface area contributed by atoms with Gasteiger partial charge in [0.15, 0.2) is 0 Å². The zero-order valence-corrected chi connectivity index (χ0v) is 12.8. The molecule has 0 aromatic heterocycles. The topological polar surface area (TPSA) is 20.2 Å². The van der Waals surface area contributed by atoms with Gasteiger partial charge in [-0.1, -0.05) is 64.5 Å². The van der Waals surface area contributed by atoms with E-state index in [2.05, 4.69) is 19.9 Å². The maximum absolute atomic E-state index is 10.1. The molecule has 0 aliphatic rings. The average molecular weight is 262 g/mol. The summed E-state index contributed by atoms with van der Waals surface area (Å²) in [5, 5.41) is 10.1. The third-order valence-electron chi connectivity index (χ3n) is 3.83. The molecule has 0 bridgehead atoms. The van der Waals surface area contributed by atoms with E-state index in [0.717, 1.165) is 12.8 Å². The summed E-state index contributed by atoms with van der Waals surface area (Å²) in [4.78, 5) is 0. The number of phenolic OH excluding ortho intramolecular Hbond substituents is 1. The van der Waals surface area contributed by atoms with E-state index >= 15 is 0 Å². The first-order valence-electron chi connectivity index (χ1n) is 8.09. The van der Waals surface area contributed by atoms with Crippen LogP contribution >= 0.6 is 0 Å². The number of hydrogen-bond donors (Lipinski definition) is 1. The van der Waals surface area contributed by atoms with Crippen LogP contribution in [0.1, 0.15) is 76.3 Å². The molecule has 0 radical (unpaired) electrons. The lowest BCUT2D eigenvalue weighted by Gasteiger charge is -2.11. The van der Waals surface area contributed by atoms with Crippen LogP contribution < -0.4 is 0 Å². The van der Waals surface area contributed by atoms with Crippen LogP contribution in [0, 0.1) is 0 Å². The number of unbranched alkanes of at least 4 members (excludes halogenated alkanes) is 6. The Bertz CT molecular complexity index is 344. The van der Waals surface area contributed by atoms with Gasteiger partial charge in [0.25, 0.3) is 0 Å². The van der Waals surface area contributed by atoms with E-state index in [1.54, 1.807) is 0 Å². The van der Waals surface area contributed by atoms with Gasteiger partial charge in [-0.3, -0.25) is 0 Å². The van der Waals surface area contributed by atoms with E-state index in [-0.39, 0.29) is 0 Å². The monoisotopic (exact) mass is 262 g/mol. The largest absolute Gasteiger partial charge is 0.508 e. The van der Waals surface area contributed by atoms with Crippen molar-refractivity contribution in [1.29, 1.82) is 0 Å². The Kier molecular flexibility index (Phi) is 8.36. The Labute approximate surface area is 119 Å². The molecule has 0 fully saturated rings. The van der Waals surface area contributed by atoms with Crippen molar-refractivity contribution in [3.05, 3.63) is 29.3 Å². The zero-order valence-electron chi connectivity index (χ0n) is 12.8. The molecule has 1 N–H and O–H groups in total. The minimum atomic E-state index is 0.504. The standard InChI is InChI=1S/C18H30O/c1-3-5-7-8-10-14-17-16(12-9-6-4-2)13-11-15-18(17)19/h11,13,15,19H,3-10,12,14H2,1-2H3. The Hall–Kier alpha value is -0.980. The van der Waals surface area contributed by atoms with Gasteiger partial charge < -0.3 is 5.11 Å². The van der Waals surface area contributed by atoms with Crippen molar-refractivity contribution in [2.24, 2.45) is 0 Å². The molecule has 1 nitrogen and oxygen atoms in total. The van der Waals surface area contributed by atoms with Crippen molar-refractivity contribution in [2.75, 3.05) is 0 Å². The van der Waals surface area contributed by atoms with Gasteiger partial charge in [0.2, 0.25) is 0 Å². The third-order valence-corrected chi connectivity index (χ3v) is 3.83. The maximum atomic E-state index is 10.1. The first-order valence-corrected chi connectivity index (χ1v) is 8.09. The number of rotatable bonds is 10. The molecular formula is C18H30O. The molecule has 1 aromatic rings. The van der Waals surface area contributed by atoms with E-state index in [1.165, 1.54) is 62.5 Å². The van der Waals surface area contributed by atoms with Crippen LogP contribution in [0.4, 0.5) is 0 Å². The van der Waals surface area contributed by atoms with Crippen molar-refractivity contribution >= 4 is 0 Å². The fourth-order valence-corrected chi connectivity index (χ4v) is 2.61. The minimum Gasteiger partial charge on any atom is -0.508 e. The molecule has 0 heterocycles. The van der Waals surface area contributed by atoms with Crippen molar-refractivity contribution < 1.29 is 5.11 Å². The third kappa shape index (κ3) is 6.13. The van der Waals surface area contributed by atoms with Crippen LogP contribution in [-0.2, 0) is 12.8 Å². The lowest BCUT2D eigenvalue weighted by molar-refractivity contribution is 0.464. The summed E-state index contributed by atoms with van der Waals surface area (Å²) >= 11 is 0. The average Bonchev–Trinajstić information content (AvgIpc) is 2.41. The molecule has 1 aromatic carbocycles. The molecule has 0 atom stereocenters. The Balaban J connectivity index is 2.49. The Morgan fingerprint density at radius 2 is 1.42 bits per heavy atom. The highest BCUT2D eigenvalue weighted by Crippen LogP contribution is 2.25. The van der Waals surface area contributed by atoms with Crippen molar-refractivity contribution in [3.63, 3.8) is 0 Å². The summed E-state index contributed by atoms with van der Waals surface area (Å²) in [5.74, 6) is 0.504. The highest BCUT2D eigenvalue weighted by Gasteiger charge is 2.07. The van der Waals surface area contributed by atoms with Crippen LogP contribution in [-0.4, -0.2) is 5.11 Å². The summed E-state index contributed by atoms with van der Waals surface area (Å²) in [7, 11) is 0. The molecule has 108 valence electrons. The molecule has 19 heavy (non-hydrogen) atoms. The smallest absolute Gasteiger partial charge is 0.119 e. The summed E-state index contributed by atoms with van der Waals surface area (Å²) in [6, 6.07) is 6.01. The van der Waals surface area contributed by atoms with Crippen LogP contribution in [0.5, 0.6) is 5.75 Å². The second-order valence-electron chi connectivity index (χ2n) is 5.54. The molecule has 0 amide bonds. The molecule has 0 aliphatic heterocycles. The van der Waals surface area contributed by atoms with Gasteiger partial charge in [-0.05, 0) is 42.9 Å². The fraction of sp³-hybridized carbons (Fsp3) is 0.667. The molecule has 0 unspecified atom stereocenters. The number of aromatic hydroxyl groups is 1. The van der Waals surface area contributed by atoms with Gasteiger partial charge >= 0.3 is 0 Å². The van der Waals surface area contributed by atoms with Gasteiger partial charge in [-0.25, -0.2) is 0 Å². The van der Waals surface area contributed by atoms with E-state index in [0.29, 0.717) is 5.75 Å². The summed E-state index contributed by atoms with van der Waals surface area (Å²) in [5.41, 5.74) is 2.57. The predicted molar refractivity (Wildman–Crippen MR) is 83.8 cm³/mol. The molecule has 0 aliphatic carbocycles. The maximum Gasteiger partial charge on any atom is 0.119 e. The van der Waals surface area contributed by atoms with Gasteiger partial charge in [-0.15, -0.1) is 0 Å². The Morgan fingerprint density at radius 1 is 0.789 bits per heavy atom. The number of hydrogen-bond acceptors (Lipinski definition) is 1. The quantitative estimate of drug-likeness (QED) is 0.541. The Morgan fingerprint density at radius 3 is 2.16 bits per heavy atom. The highest BCUT2D eigenvalue weighted by molar-refractivity contribution is 5.39. The van der Waals surface area contributed by atoms with E-state index < -0.39 is 0 Å². The molecule has 0 spiro atoms. The van der Waals surface area contributed by atoms with Gasteiger partial charge in [0, 0.05) is 0 Å². The predicted octanol–water partition coefficient (Wildman–Crippen LogP) is 5.64. The lowest BCUT2D eigenvalue weighted by atomic mass is 9.96. The molecule has 1 rings (SSSR count). The second kappa shape index (κ2) is 9.89. The molecule has 1 heteroatoms. The van der Waals surface area contributed by atoms with Gasteiger partial charge in [0.1, 0.15) is 5.75 Å². The number of benzene rings is 1. The van der Waals surface area contributed by atoms with Crippen molar-refractivity contribution in [2.45, 2.75) is 78.1 Å². The summed E-state index contributed by atoms with van der Waals surface area (Å²) in [6.45, 7) is 4.48. The van der Waals surface area contributed by atoms with Crippen LogP contribution in [0.2, 0.25) is 0 Å². The number of aryl methyl sites for hydroxylation is 1. The molecule has 0 saturated heterocycles.